The Hall–Kier alpha value is -6.07. The first-order valence-corrected chi connectivity index (χ1v) is 14.5. The first-order chi connectivity index (χ1) is 21.8. The Kier molecular flexibility index (Phi) is 5.43. The maximum atomic E-state index is 6.35. The van der Waals surface area contributed by atoms with Gasteiger partial charge >= 0.3 is 0 Å². The number of para-hydroxylation sites is 1. The standard InChI is InChI=1S/C39H23N3O2/c1-3-9-24(10-4-1)37-40-38(25-11-5-2-6-12-25)42-39(41-37)28-17-20-34-32(21-28)31-19-16-27(23-36(31)44-34)26-15-18-30-29-13-7-8-14-33(29)43-35(30)22-26/h1-23H. The van der Waals surface area contributed by atoms with E-state index in [-0.39, 0.29) is 0 Å². The smallest absolute Gasteiger partial charge is 0.164 e. The van der Waals surface area contributed by atoms with Crippen molar-refractivity contribution in [3.8, 4) is 45.3 Å². The average Bonchev–Trinajstić information content (AvgIpc) is 3.66. The molecule has 9 rings (SSSR count). The summed E-state index contributed by atoms with van der Waals surface area (Å²) in [6, 6.07) is 47.0. The van der Waals surface area contributed by atoms with Crippen LogP contribution in [-0.4, -0.2) is 15.0 Å². The highest BCUT2D eigenvalue weighted by molar-refractivity contribution is 6.08. The second-order valence-electron chi connectivity index (χ2n) is 10.9. The van der Waals surface area contributed by atoms with Gasteiger partial charge in [-0.25, -0.2) is 15.0 Å². The van der Waals surface area contributed by atoms with Gasteiger partial charge in [0.25, 0.3) is 0 Å². The van der Waals surface area contributed by atoms with Crippen LogP contribution in [0.15, 0.2) is 148 Å². The molecule has 0 spiro atoms. The van der Waals surface area contributed by atoms with E-state index in [1.165, 1.54) is 0 Å². The molecule has 0 atom stereocenters. The fourth-order valence-corrected chi connectivity index (χ4v) is 5.94. The molecule has 0 N–H and O–H groups in total. The summed E-state index contributed by atoms with van der Waals surface area (Å²) < 4.78 is 12.5. The summed E-state index contributed by atoms with van der Waals surface area (Å²) in [5.41, 5.74) is 8.33. The van der Waals surface area contributed by atoms with Gasteiger partial charge in [0.05, 0.1) is 0 Å². The molecule has 0 bridgehead atoms. The normalized spacial score (nSPS) is 11.6. The van der Waals surface area contributed by atoms with Crippen molar-refractivity contribution in [2.45, 2.75) is 0 Å². The van der Waals surface area contributed by atoms with E-state index in [1.807, 2.05) is 91.0 Å². The predicted molar refractivity (Wildman–Crippen MR) is 176 cm³/mol. The highest BCUT2D eigenvalue weighted by Gasteiger charge is 2.15. The number of furan rings is 2. The van der Waals surface area contributed by atoms with Gasteiger partial charge in [0, 0.05) is 38.2 Å². The molecular formula is C39H23N3O2. The lowest BCUT2D eigenvalue weighted by atomic mass is 10.0. The minimum atomic E-state index is 0.615. The molecule has 206 valence electrons. The molecule has 3 heterocycles. The number of aromatic nitrogens is 3. The van der Waals surface area contributed by atoms with Crippen LogP contribution in [0.1, 0.15) is 0 Å². The van der Waals surface area contributed by atoms with Crippen LogP contribution in [0.2, 0.25) is 0 Å². The van der Waals surface area contributed by atoms with Crippen LogP contribution in [0.5, 0.6) is 0 Å². The van der Waals surface area contributed by atoms with Crippen LogP contribution in [0.25, 0.3) is 89.2 Å². The van der Waals surface area contributed by atoms with Crippen molar-refractivity contribution in [3.05, 3.63) is 140 Å². The van der Waals surface area contributed by atoms with Crippen molar-refractivity contribution < 1.29 is 8.83 Å². The summed E-state index contributed by atoms with van der Waals surface area (Å²) >= 11 is 0. The van der Waals surface area contributed by atoms with Crippen molar-refractivity contribution in [1.29, 1.82) is 0 Å². The number of nitrogens with zero attached hydrogens (tertiary/aromatic N) is 3. The Balaban J connectivity index is 1.15. The van der Waals surface area contributed by atoms with E-state index in [1.54, 1.807) is 0 Å². The molecule has 0 saturated heterocycles. The summed E-state index contributed by atoms with van der Waals surface area (Å²) in [5, 5.41) is 4.30. The minimum Gasteiger partial charge on any atom is -0.456 e. The van der Waals surface area contributed by atoms with Gasteiger partial charge in [-0.05, 0) is 59.7 Å². The quantitative estimate of drug-likeness (QED) is 0.212. The third kappa shape index (κ3) is 4.06. The van der Waals surface area contributed by atoms with E-state index >= 15 is 0 Å². The van der Waals surface area contributed by atoms with Gasteiger partial charge in [-0.15, -0.1) is 0 Å². The lowest BCUT2D eigenvalue weighted by Gasteiger charge is -2.08. The molecule has 0 radical (unpaired) electrons. The van der Waals surface area contributed by atoms with Crippen molar-refractivity contribution in [3.63, 3.8) is 0 Å². The van der Waals surface area contributed by atoms with Gasteiger partial charge in [0.2, 0.25) is 0 Å². The van der Waals surface area contributed by atoms with Gasteiger partial charge < -0.3 is 8.83 Å². The lowest BCUT2D eigenvalue weighted by molar-refractivity contribution is 0.668. The molecule has 0 aliphatic carbocycles. The monoisotopic (exact) mass is 565 g/mol. The fraction of sp³-hybridized carbons (Fsp3) is 0. The van der Waals surface area contributed by atoms with Gasteiger partial charge in [-0.3, -0.25) is 0 Å². The molecule has 6 aromatic carbocycles. The van der Waals surface area contributed by atoms with Crippen LogP contribution in [0, 0.1) is 0 Å². The minimum absolute atomic E-state index is 0.615. The Labute approximate surface area is 252 Å². The zero-order valence-electron chi connectivity index (χ0n) is 23.4. The maximum Gasteiger partial charge on any atom is 0.164 e. The van der Waals surface area contributed by atoms with Gasteiger partial charge in [0.15, 0.2) is 17.5 Å². The summed E-state index contributed by atoms with van der Waals surface area (Å²) in [6.07, 6.45) is 0. The number of benzene rings is 6. The second kappa shape index (κ2) is 9.75. The first kappa shape index (κ1) is 24.5. The topological polar surface area (TPSA) is 65.0 Å². The van der Waals surface area contributed by atoms with Crippen molar-refractivity contribution in [2.75, 3.05) is 0 Å². The maximum absolute atomic E-state index is 6.35. The summed E-state index contributed by atoms with van der Waals surface area (Å²) in [5.74, 6) is 1.89. The summed E-state index contributed by atoms with van der Waals surface area (Å²) in [4.78, 5) is 14.6. The molecule has 0 amide bonds. The highest BCUT2D eigenvalue weighted by atomic mass is 16.3. The Morgan fingerprint density at radius 1 is 0.295 bits per heavy atom. The molecule has 0 saturated carbocycles. The lowest BCUT2D eigenvalue weighted by Crippen LogP contribution is -2.00. The molecule has 0 aliphatic rings. The zero-order valence-corrected chi connectivity index (χ0v) is 23.4. The molecule has 5 nitrogen and oxygen atoms in total. The molecule has 44 heavy (non-hydrogen) atoms. The van der Waals surface area contributed by atoms with Crippen LogP contribution in [0.3, 0.4) is 0 Å². The fourth-order valence-electron chi connectivity index (χ4n) is 5.94. The van der Waals surface area contributed by atoms with Gasteiger partial charge in [-0.1, -0.05) is 91.0 Å². The van der Waals surface area contributed by atoms with E-state index in [0.717, 1.165) is 71.7 Å². The zero-order chi connectivity index (χ0) is 29.0. The number of fused-ring (bicyclic) bond motifs is 6. The van der Waals surface area contributed by atoms with Crippen molar-refractivity contribution in [1.82, 2.24) is 15.0 Å². The number of rotatable bonds is 4. The van der Waals surface area contributed by atoms with E-state index in [0.29, 0.717) is 17.5 Å². The third-order valence-corrected chi connectivity index (χ3v) is 8.14. The molecular weight excluding hydrogens is 542 g/mol. The van der Waals surface area contributed by atoms with Crippen LogP contribution >= 0.6 is 0 Å². The van der Waals surface area contributed by atoms with Crippen LogP contribution in [0.4, 0.5) is 0 Å². The summed E-state index contributed by atoms with van der Waals surface area (Å²) in [6.45, 7) is 0. The Morgan fingerprint density at radius 3 is 1.36 bits per heavy atom. The Bertz CT molecular complexity index is 2440. The van der Waals surface area contributed by atoms with Gasteiger partial charge in [-0.2, -0.15) is 0 Å². The predicted octanol–water partition coefficient (Wildman–Crippen LogP) is 10.3. The largest absolute Gasteiger partial charge is 0.456 e. The van der Waals surface area contributed by atoms with Crippen LogP contribution < -0.4 is 0 Å². The van der Waals surface area contributed by atoms with E-state index < -0.39 is 0 Å². The molecule has 0 unspecified atom stereocenters. The number of hydrogen-bond acceptors (Lipinski definition) is 5. The van der Waals surface area contributed by atoms with Crippen molar-refractivity contribution in [2.24, 2.45) is 0 Å². The summed E-state index contributed by atoms with van der Waals surface area (Å²) in [7, 11) is 0. The number of hydrogen-bond donors (Lipinski definition) is 0. The van der Waals surface area contributed by atoms with E-state index in [4.69, 9.17) is 23.8 Å². The highest BCUT2D eigenvalue weighted by Crippen LogP contribution is 2.37. The van der Waals surface area contributed by atoms with E-state index in [9.17, 15) is 0 Å². The molecule has 5 heteroatoms. The molecule has 9 aromatic rings. The molecule has 0 aliphatic heterocycles. The second-order valence-corrected chi connectivity index (χ2v) is 10.9. The SMILES string of the molecule is c1ccc(-c2nc(-c3ccccc3)nc(-c3ccc4oc5cc(-c6ccc7c(c6)oc6ccccc67)ccc5c4c3)n2)cc1. The van der Waals surface area contributed by atoms with Crippen LogP contribution in [-0.2, 0) is 0 Å². The molecule has 0 fully saturated rings. The first-order valence-electron chi connectivity index (χ1n) is 14.5. The van der Waals surface area contributed by atoms with E-state index in [2.05, 4.69) is 48.5 Å². The average molecular weight is 566 g/mol. The molecule has 3 aromatic heterocycles. The third-order valence-electron chi connectivity index (χ3n) is 8.14. The Morgan fingerprint density at radius 2 is 0.750 bits per heavy atom. The van der Waals surface area contributed by atoms with Gasteiger partial charge in [0.1, 0.15) is 22.3 Å². The van der Waals surface area contributed by atoms with Crippen molar-refractivity contribution >= 4 is 43.9 Å².